The molecule has 1 amide bonds. The highest BCUT2D eigenvalue weighted by Gasteiger charge is 2.25. The van der Waals surface area contributed by atoms with Crippen molar-refractivity contribution in [2.24, 2.45) is 17.8 Å². The molecule has 0 radical (unpaired) electrons. The first-order valence-electron chi connectivity index (χ1n) is 8.97. The van der Waals surface area contributed by atoms with Gasteiger partial charge in [0, 0.05) is 13.1 Å². The van der Waals surface area contributed by atoms with Gasteiger partial charge in [-0.1, -0.05) is 33.6 Å². The fourth-order valence-corrected chi connectivity index (χ4v) is 3.84. The van der Waals surface area contributed by atoms with E-state index in [1.54, 1.807) is 0 Å². The lowest BCUT2D eigenvalue weighted by molar-refractivity contribution is -0.140. The van der Waals surface area contributed by atoms with E-state index in [0.29, 0.717) is 18.6 Å². The average molecular weight is 295 g/mol. The van der Waals surface area contributed by atoms with Crippen LogP contribution < -0.4 is 0 Å². The van der Waals surface area contributed by atoms with Crippen LogP contribution in [0.15, 0.2) is 0 Å². The maximum Gasteiger partial charge on any atom is 0.248 e. The Bertz CT molecular complexity index is 329. The Balaban J connectivity index is 1.75. The van der Waals surface area contributed by atoms with Crippen LogP contribution >= 0.6 is 0 Å². The normalized spacial score (nSPS) is 31.2. The van der Waals surface area contributed by atoms with Gasteiger partial charge in [0.15, 0.2) is 0 Å². The van der Waals surface area contributed by atoms with Crippen LogP contribution in [0.1, 0.15) is 65.7 Å². The molecular formula is C18H33NO2. The van der Waals surface area contributed by atoms with E-state index in [2.05, 4.69) is 20.8 Å². The third-order valence-electron chi connectivity index (χ3n) is 5.52. The van der Waals surface area contributed by atoms with Gasteiger partial charge in [-0.25, -0.2) is 0 Å². The summed E-state index contributed by atoms with van der Waals surface area (Å²) in [6.07, 6.45) is 8.82. The molecule has 0 bridgehead atoms. The molecule has 0 aromatic heterocycles. The van der Waals surface area contributed by atoms with E-state index in [-0.39, 0.29) is 5.91 Å². The molecule has 1 saturated carbocycles. The lowest BCUT2D eigenvalue weighted by Crippen LogP contribution is -2.37. The Hall–Kier alpha value is -0.570. The van der Waals surface area contributed by atoms with Crippen molar-refractivity contribution in [2.45, 2.75) is 71.8 Å². The standard InChI is InChI=1S/C18H33NO2/c1-14(2)16-8-6-11-19(12-10-16)18(20)13-21-17-9-5-4-7-15(17)3/h14-17H,4-13H2,1-3H3/t15-,16-,17-/m1/s1. The summed E-state index contributed by atoms with van der Waals surface area (Å²) in [7, 11) is 0. The van der Waals surface area contributed by atoms with Gasteiger partial charge in [-0.15, -0.1) is 0 Å². The third-order valence-corrected chi connectivity index (χ3v) is 5.52. The van der Waals surface area contributed by atoms with Gasteiger partial charge in [-0.3, -0.25) is 4.79 Å². The number of hydrogen-bond acceptors (Lipinski definition) is 2. The summed E-state index contributed by atoms with van der Waals surface area (Å²) in [5, 5.41) is 0. The van der Waals surface area contributed by atoms with Crippen molar-refractivity contribution < 1.29 is 9.53 Å². The zero-order valence-electron chi connectivity index (χ0n) is 14.1. The Morgan fingerprint density at radius 2 is 1.86 bits per heavy atom. The Kier molecular flexibility index (Phi) is 6.53. The Morgan fingerprint density at radius 3 is 2.57 bits per heavy atom. The van der Waals surface area contributed by atoms with Crippen LogP contribution in [0, 0.1) is 17.8 Å². The number of nitrogens with zero attached hydrogens (tertiary/aromatic N) is 1. The summed E-state index contributed by atoms with van der Waals surface area (Å²) in [6, 6.07) is 0. The predicted molar refractivity (Wildman–Crippen MR) is 86.1 cm³/mol. The lowest BCUT2D eigenvalue weighted by Gasteiger charge is -2.29. The molecule has 0 unspecified atom stereocenters. The fourth-order valence-electron chi connectivity index (χ4n) is 3.84. The maximum absolute atomic E-state index is 12.4. The zero-order chi connectivity index (χ0) is 15.2. The van der Waals surface area contributed by atoms with Gasteiger partial charge in [0.05, 0.1) is 6.10 Å². The van der Waals surface area contributed by atoms with Crippen molar-refractivity contribution in [3.8, 4) is 0 Å². The quantitative estimate of drug-likeness (QED) is 0.788. The Labute approximate surface area is 130 Å². The second-order valence-corrected chi connectivity index (χ2v) is 7.43. The van der Waals surface area contributed by atoms with Crippen LogP contribution in [0.4, 0.5) is 0 Å². The molecule has 2 fully saturated rings. The van der Waals surface area contributed by atoms with Crippen molar-refractivity contribution >= 4 is 5.91 Å². The minimum absolute atomic E-state index is 0.206. The molecule has 1 saturated heterocycles. The van der Waals surface area contributed by atoms with E-state index in [4.69, 9.17) is 4.74 Å². The summed E-state index contributed by atoms with van der Waals surface area (Å²) < 4.78 is 5.93. The topological polar surface area (TPSA) is 29.5 Å². The highest BCUT2D eigenvalue weighted by Crippen LogP contribution is 2.27. The van der Waals surface area contributed by atoms with Gasteiger partial charge < -0.3 is 9.64 Å². The second kappa shape index (κ2) is 8.17. The maximum atomic E-state index is 12.4. The summed E-state index contributed by atoms with van der Waals surface area (Å²) in [6.45, 7) is 9.00. The van der Waals surface area contributed by atoms with E-state index in [1.165, 1.54) is 25.7 Å². The number of hydrogen-bond donors (Lipinski definition) is 0. The molecule has 0 aromatic carbocycles. The van der Waals surface area contributed by atoms with E-state index in [1.807, 2.05) is 4.90 Å². The summed E-state index contributed by atoms with van der Waals surface area (Å²) in [5.74, 6) is 2.33. The molecule has 1 aliphatic carbocycles. The van der Waals surface area contributed by atoms with Gasteiger partial charge in [0.25, 0.3) is 0 Å². The highest BCUT2D eigenvalue weighted by atomic mass is 16.5. The minimum Gasteiger partial charge on any atom is -0.368 e. The molecule has 21 heavy (non-hydrogen) atoms. The highest BCUT2D eigenvalue weighted by molar-refractivity contribution is 5.77. The lowest BCUT2D eigenvalue weighted by atomic mass is 9.88. The van der Waals surface area contributed by atoms with Gasteiger partial charge in [-0.2, -0.15) is 0 Å². The van der Waals surface area contributed by atoms with Crippen LogP contribution in [-0.2, 0) is 9.53 Å². The van der Waals surface area contributed by atoms with E-state index in [0.717, 1.165) is 44.2 Å². The summed E-state index contributed by atoms with van der Waals surface area (Å²) in [4.78, 5) is 14.4. The van der Waals surface area contributed by atoms with Gasteiger partial charge in [0.1, 0.15) is 6.61 Å². The zero-order valence-corrected chi connectivity index (χ0v) is 14.1. The summed E-state index contributed by atoms with van der Waals surface area (Å²) in [5.41, 5.74) is 0. The van der Waals surface area contributed by atoms with Crippen molar-refractivity contribution in [3.63, 3.8) is 0 Å². The van der Waals surface area contributed by atoms with Crippen molar-refractivity contribution in [1.82, 2.24) is 4.90 Å². The molecule has 3 nitrogen and oxygen atoms in total. The largest absolute Gasteiger partial charge is 0.368 e. The van der Waals surface area contributed by atoms with E-state index < -0.39 is 0 Å². The third kappa shape index (κ3) is 4.98. The molecule has 0 aromatic rings. The van der Waals surface area contributed by atoms with Crippen molar-refractivity contribution in [1.29, 1.82) is 0 Å². The number of ether oxygens (including phenoxy) is 1. The molecule has 1 aliphatic heterocycles. The number of likely N-dealkylation sites (tertiary alicyclic amines) is 1. The van der Waals surface area contributed by atoms with Crippen molar-refractivity contribution in [3.05, 3.63) is 0 Å². The number of carbonyl (C=O) groups is 1. The van der Waals surface area contributed by atoms with Crippen LogP contribution in [0.25, 0.3) is 0 Å². The van der Waals surface area contributed by atoms with Crippen LogP contribution in [0.2, 0.25) is 0 Å². The number of amides is 1. The molecule has 2 rings (SSSR count). The number of carbonyl (C=O) groups excluding carboxylic acids is 1. The summed E-state index contributed by atoms with van der Waals surface area (Å²) >= 11 is 0. The average Bonchev–Trinajstić information content (AvgIpc) is 2.72. The van der Waals surface area contributed by atoms with Crippen LogP contribution in [-0.4, -0.2) is 36.6 Å². The predicted octanol–water partition coefficient (Wildman–Crippen LogP) is 3.87. The first-order chi connectivity index (χ1) is 10.1. The molecule has 3 atom stereocenters. The molecular weight excluding hydrogens is 262 g/mol. The van der Waals surface area contributed by atoms with E-state index in [9.17, 15) is 4.79 Å². The molecule has 0 N–H and O–H groups in total. The van der Waals surface area contributed by atoms with E-state index >= 15 is 0 Å². The first-order valence-corrected chi connectivity index (χ1v) is 8.97. The first kappa shape index (κ1) is 16.8. The molecule has 2 aliphatic rings. The van der Waals surface area contributed by atoms with Crippen LogP contribution in [0.5, 0.6) is 0 Å². The van der Waals surface area contributed by atoms with Gasteiger partial charge in [0.2, 0.25) is 5.91 Å². The fraction of sp³-hybridized carbons (Fsp3) is 0.944. The second-order valence-electron chi connectivity index (χ2n) is 7.43. The smallest absolute Gasteiger partial charge is 0.248 e. The van der Waals surface area contributed by atoms with Gasteiger partial charge >= 0.3 is 0 Å². The SMILES string of the molecule is CC(C)[C@@H]1CCCN(C(=O)CO[C@@H]2CCCC[C@H]2C)CC1. The molecule has 1 heterocycles. The van der Waals surface area contributed by atoms with Crippen LogP contribution in [0.3, 0.4) is 0 Å². The minimum atomic E-state index is 0.206. The molecule has 0 spiro atoms. The Morgan fingerprint density at radius 1 is 1.10 bits per heavy atom. The molecule has 122 valence electrons. The van der Waals surface area contributed by atoms with Crippen molar-refractivity contribution in [2.75, 3.05) is 19.7 Å². The van der Waals surface area contributed by atoms with Gasteiger partial charge in [-0.05, 0) is 49.9 Å². The molecule has 3 heteroatoms. The number of rotatable bonds is 4. The monoisotopic (exact) mass is 295 g/mol.